The van der Waals surface area contributed by atoms with Gasteiger partial charge in [0.1, 0.15) is 18.0 Å². The summed E-state index contributed by atoms with van der Waals surface area (Å²) in [6.45, 7) is 2.04. The molecule has 41 heavy (non-hydrogen) atoms. The van der Waals surface area contributed by atoms with Gasteiger partial charge in [-0.1, -0.05) is 12.1 Å². The van der Waals surface area contributed by atoms with Crippen molar-refractivity contribution >= 4 is 17.5 Å². The fraction of sp³-hybridized carbons (Fsp3) is 0.407. The van der Waals surface area contributed by atoms with Crippen LogP contribution >= 0.6 is 0 Å². The van der Waals surface area contributed by atoms with Crippen molar-refractivity contribution in [3.05, 3.63) is 77.6 Å². The quantitative estimate of drug-likeness (QED) is 0.268. The Balaban J connectivity index is 1.43. The lowest BCUT2D eigenvalue weighted by Gasteiger charge is -2.44. The number of benzene rings is 1. The number of nitrogens with zero attached hydrogens (tertiary/aromatic N) is 5. The molecule has 1 unspecified atom stereocenters. The molecule has 1 saturated heterocycles. The second kappa shape index (κ2) is 12.3. The van der Waals surface area contributed by atoms with E-state index in [2.05, 4.69) is 20.3 Å². The van der Waals surface area contributed by atoms with Gasteiger partial charge in [-0.05, 0) is 48.7 Å². The number of amides is 1. The number of carbonyl (C=O) groups excluding carboxylic acids is 1. The zero-order valence-electron chi connectivity index (χ0n) is 22.2. The topological polar surface area (TPSA) is 141 Å². The molecule has 0 radical (unpaired) electrons. The molecule has 3 atom stereocenters. The molecule has 1 fully saturated rings. The van der Waals surface area contributed by atoms with Crippen molar-refractivity contribution in [1.29, 1.82) is 0 Å². The molecule has 4 rings (SSSR count). The average Bonchev–Trinajstić information content (AvgIpc) is 2.94. The highest BCUT2D eigenvalue weighted by atomic mass is 19.4. The summed E-state index contributed by atoms with van der Waals surface area (Å²) < 4.78 is 54.1. The molecule has 220 valence electrons. The van der Waals surface area contributed by atoms with Crippen molar-refractivity contribution < 1.29 is 32.6 Å². The van der Waals surface area contributed by atoms with E-state index >= 15 is 4.39 Å². The number of halogens is 4. The summed E-state index contributed by atoms with van der Waals surface area (Å²) in [6, 6.07) is 7.05. The third kappa shape index (κ3) is 6.89. The van der Waals surface area contributed by atoms with Crippen molar-refractivity contribution in [3.8, 4) is 0 Å². The number of carbonyl (C=O) groups is 1. The molecule has 3 heterocycles. The molecule has 0 aliphatic carbocycles. The maximum atomic E-state index is 15.5. The van der Waals surface area contributed by atoms with E-state index in [0.717, 1.165) is 18.5 Å². The lowest BCUT2D eigenvalue weighted by Crippen LogP contribution is -2.60. The number of alkyl halides is 3. The summed E-state index contributed by atoms with van der Waals surface area (Å²) >= 11 is 0. The Morgan fingerprint density at radius 2 is 1.90 bits per heavy atom. The van der Waals surface area contributed by atoms with E-state index in [1.165, 1.54) is 29.4 Å². The number of anilines is 2. The first-order chi connectivity index (χ1) is 19.4. The van der Waals surface area contributed by atoms with E-state index in [4.69, 9.17) is 5.73 Å². The average molecular weight is 578 g/mol. The van der Waals surface area contributed by atoms with Crippen molar-refractivity contribution in [1.82, 2.24) is 19.9 Å². The highest BCUT2D eigenvalue weighted by Gasteiger charge is 2.43. The Hall–Kier alpha value is -3.88. The molecule has 10 nitrogen and oxygen atoms in total. The minimum atomic E-state index is -4.46. The molecule has 14 heteroatoms. The molecule has 0 bridgehead atoms. The number of hydrogen-bond acceptors (Lipinski definition) is 9. The van der Waals surface area contributed by atoms with Crippen LogP contribution in [-0.2, 0) is 17.5 Å². The summed E-state index contributed by atoms with van der Waals surface area (Å²) in [5, 5.41) is 24.8. The molecular formula is C27H31F4N7O3. The van der Waals surface area contributed by atoms with Crippen LogP contribution in [0.25, 0.3) is 0 Å². The van der Waals surface area contributed by atoms with Crippen LogP contribution in [0.15, 0.2) is 55.1 Å². The Morgan fingerprint density at radius 1 is 1.22 bits per heavy atom. The predicted octanol–water partition coefficient (Wildman–Crippen LogP) is 2.49. The minimum absolute atomic E-state index is 0.0462. The number of primary amides is 1. The van der Waals surface area contributed by atoms with Crippen LogP contribution < -0.4 is 16.0 Å². The van der Waals surface area contributed by atoms with Gasteiger partial charge < -0.3 is 26.2 Å². The van der Waals surface area contributed by atoms with Crippen LogP contribution in [0.4, 0.5) is 29.2 Å². The third-order valence-corrected chi connectivity index (χ3v) is 7.19. The fourth-order valence-corrected chi connectivity index (χ4v) is 4.83. The van der Waals surface area contributed by atoms with Crippen molar-refractivity contribution in [2.75, 3.05) is 36.4 Å². The number of β-amino-alcohol motifs (C(OH)–C–C–N with tert-alkyl or cyclic N) is 1. The summed E-state index contributed by atoms with van der Waals surface area (Å²) in [6.07, 6.45) is -1.53. The van der Waals surface area contributed by atoms with E-state index in [1.807, 2.05) is 0 Å². The number of likely N-dealkylation sites (tertiary alicyclic amines) is 1. The predicted molar refractivity (Wildman–Crippen MR) is 142 cm³/mol. The van der Waals surface area contributed by atoms with Gasteiger partial charge in [0.05, 0.1) is 11.7 Å². The number of piperidine rings is 1. The SMILES string of the molecule is CCN(Cc1ccc(C(F)(F)F)cc1)c1ncnc(NC[C@@]2(O)CCN(C(C(N)=O)c3ccncc3)C[C@@H]2O)c1F. The van der Waals surface area contributed by atoms with Crippen LogP contribution in [0.1, 0.15) is 36.1 Å². The first kappa shape index (κ1) is 30.1. The Kier molecular flexibility index (Phi) is 9.05. The normalized spacial score (nSPS) is 20.4. The first-order valence-electron chi connectivity index (χ1n) is 12.9. The van der Waals surface area contributed by atoms with Gasteiger partial charge in [0.25, 0.3) is 0 Å². The second-order valence-electron chi connectivity index (χ2n) is 9.87. The summed E-state index contributed by atoms with van der Waals surface area (Å²) in [7, 11) is 0. The molecule has 5 N–H and O–H groups in total. The number of rotatable bonds is 10. The molecule has 1 amide bonds. The van der Waals surface area contributed by atoms with Crippen LogP contribution in [0.5, 0.6) is 0 Å². The fourth-order valence-electron chi connectivity index (χ4n) is 4.83. The largest absolute Gasteiger partial charge is 0.416 e. The molecule has 0 spiro atoms. The van der Waals surface area contributed by atoms with Crippen LogP contribution in [-0.4, -0.2) is 73.9 Å². The minimum Gasteiger partial charge on any atom is -0.389 e. The molecule has 3 aromatic rings. The number of hydrogen-bond donors (Lipinski definition) is 4. The van der Waals surface area contributed by atoms with Gasteiger partial charge >= 0.3 is 6.18 Å². The highest BCUT2D eigenvalue weighted by molar-refractivity contribution is 5.81. The van der Waals surface area contributed by atoms with Gasteiger partial charge in [0.2, 0.25) is 11.7 Å². The Labute approximate surface area is 233 Å². The zero-order chi connectivity index (χ0) is 29.8. The van der Waals surface area contributed by atoms with Crippen molar-refractivity contribution in [2.24, 2.45) is 5.73 Å². The van der Waals surface area contributed by atoms with Gasteiger partial charge in [-0.3, -0.25) is 14.7 Å². The number of nitrogens with two attached hydrogens (primary N) is 1. The van der Waals surface area contributed by atoms with E-state index < -0.39 is 41.2 Å². The number of aliphatic hydroxyl groups is 2. The van der Waals surface area contributed by atoms with Crippen molar-refractivity contribution in [2.45, 2.75) is 43.8 Å². The maximum Gasteiger partial charge on any atom is 0.416 e. The Morgan fingerprint density at radius 3 is 2.49 bits per heavy atom. The van der Waals surface area contributed by atoms with Crippen molar-refractivity contribution in [3.63, 3.8) is 0 Å². The first-order valence-corrected chi connectivity index (χ1v) is 12.9. The van der Waals surface area contributed by atoms with E-state index in [0.29, 0.717) is 17.7 Å². The molecule has 1 aliphatic rings. The number of pyridine rings is 1. The number of aliphatic hydroxyl groups excluding tert-OH is 1. The lowest BCUT2D eigenvalue weighted by molar-refractivity contribution is -0.137. The summed E-state index contributed by atoms with van der Waals surface area (Å²) in [5.41, 5.74) is 4.31. The van der Waals surface area contributed by atoms with Gasteiger partial charge in [0, 0.05) is 45.1 Å². The van der Waals surface area contributed by atoms with E-state index in [1.54, 1.807) is 24.0 Å². The number of aromatic nitrogens is 3. The molecule has 2 aromatic heterocycles. The standard InChI is InChI=1S/C27H31F4N7O3/c1-2-37(13-17-3-5-19(6-4-17)27(29,30)31)25-21(28)24(35-16-36-25)34-15-26(41)9-12-38(14-20(26)39)22(23(32)40)18-7-10-33-11-8-18/h3-8,10-11,16,20,22,39,41H,2,9,12-15H2,1H3,(H2,32,40)(H,34,35,36)/t20-,22?,26-/m0/s1. The van der Waals surface area contributed by atoms with E-state index in [-0.39, 0.29) is 44.2 Å². The second-order valence-corrected chi connectivity index (χ2v) is 9.87. The van der Waals surface area contributed by atoms with E-state index in [9.17, 15) is 28.2 Å². The summed E-state index contributed by atoms with van der Waals surface area (Å²) in [4.78, 5) is 27.3. The van der Waals surface area contributed by atoms with Gasteiger partial charge in [-0.25, -0.2) is 9.97 Å². The molecule has 1 aromatic carbocycles. The van der Waals surface area contributed by atoms with Gasteiger partial charge in [-0.15, -0.1) is 0 Å². The highest BCUT2D eigenvalue weighted by Crippen LogP contribution is 2.32. The van der Waals surface area contributed by atoms with Crippen LogP contribution in [0.3, 0.4) is 0 Å². The summed E-state index contributed by atoms with van der Waals surface area (Å²) in [5.74, 6) is -1.72. The smallest absolute Gasteiger partial charge is 0.389 e. The molecule has 1 aliphatic heterocycles. The molecule has 0 saturated carbocycles. The lowest BCUT2D eigenvalue weighted by atomic mass is 9.87. The molecular weight excluding hydrogens is 546 g/mol. The van der Waals surface area contributed by atoms with Gasteiger partial charge in [0.15, 0.2) is 11.6 Å². The zero-order valence-corrected chi connectivity index (χ0v) is 22.2. The number of nitrogens with one attached hydrogen (secondary N) is 1. The Bertz CT molecular complexity index is 1330. The third-order valence-electron chi connectivity index (χ3n) is 7.19. The maximum absolute atomic E-state index is 15.5. The van der Waals surface area contributed by atoms with Gasteiger partial charge in [-0.2, -0.15) is 17.6 Å². The van der Waals surface area contributed by atoms with Crippen LogP contribution in [0, 0.1) is 5.82 Å². The van der Waals surface area contributed by atoms with Crippen LogP contribution in [0.2, 0.25) is 0 Å². The monoisotopic (exact) mass is 577 g/mol.